The summed E-state index contributed by atoms with van der Waals surface area (Å²) in [7, 11) is 0. The minimum Gasteiger partial charge on any atom is -0.467 e. The molecule has 1 heterocycles. The molecule has 0 aliphatic heterocycles. The lowest BCUT2D eigenvalue weighted by molar-refractivity contribution is 0.0939. The predicted molar refractivity (Wildman–Crippen MR) is 81.4 cm³/mol. The number of nitrogens with one attached hydrogen (secondary N) is 1. The number of nitrogens with two attached hydrogens (primary N) is 1. The summed E-state index contributed by atoms with van der Waals surface area (Å²) in [5, 5.41) is 2.95. The summed E-state index contributed by atoms with van der Waals surface area (Å²) in [6.07, 6.45) is 2.19. The molecular weight excluding hydrogens is 320 g/mol. The van der Waals surface area contributed by atoms with E-state index >= 15 is 0 Å². The Kier molecular flexibility index (Phi) is 4.98. The number of hydrogen-bond acceptors (Lipinski definition) is 3. The Hall–Kier alpha value is -1.59. The molecule has 1 aromatic heterocycles. The number of rotatable bonds is 5. The number of carbonyl (C=O) groups excluding carboxylic acids is 1. The summed E-state index contributed by atoms with van der Waals surface area (Å²) in [4.78, 5) is 12.0. The SMILES string of the molecule is CC(Cc1ccccc1Br)NC(=O)c1coc(CN)c1. The van der Waals surface area contributed by atoms with Crippen LogP contribution >= 0.6 is 15.9 Å². The molecule has 2 rings (SSSR count). The van der Waals surface area contributed by atoms with E-state index in [2.05, 4.69) is 21.2 Å². The van der Waals surface area contributed by atoms with E-state index in [1.807, 2.05) is 31.2 Å². The fourth-order valence-corrected chi connectivity index (χ4v) is 2.41. The number of benzene rings is 1. The van der Waals surface area contributed by atoms with Crippen LogP contribution in [0.25, 0.3) is 0 Å². The zero-order valence-corrected chi connectivity index (χ0v) is 12.8. The van der Waals surface area contributed by atoms with Crippen LogP contribution in [0.1, 0.15) is 28.6 Å². The molecule has 0 aliphatic carbocycles. The molecule has 3 N–H and O–H groups in total. The van der Waals surface area contributed by atoms with Crippen molar-refractivity contribution in [2.24, 2.45) is 5.73 Å². The lowest BCUT2D eigenvalue weighted by Gasteiger charge is -2.14. The highest BCUT2D eigenvalue weighted by Crippen LogP contribution is 2.17. The molecule has 106 valence electrons. The summed E-state index contributed by atoms with van der Waals surface area (Å²) in [6.45, 7) is 2.26. The molecule has 0 radical (unpaired) electrons. The maximum absolute atomic E-state index is 12.0. The Labute approximate surface area is 126 Å². The Balaban J connectivity index is 1.96. The van der Waals surface area contributed by atoms with E-state index in [4.69, 9.17) is 10.2 Å². The normalized spacial score (nSPS) is 12.2. The second-order valence-electron chi connectivity index (χ2n) is 4.68. The zero-order valence-electron chi connectivity index (χ0n) is 11.2. The quantitative estimate of drug-likeness (QED) is 0.882. The van der Waals surface area contributed by atoms with Crippen LogP contribution in [0.4, 0.5) is 0 Å². The summed E-state index contributed by atoms with van der Waals surface area (Å²) in [5.74, 6) is 0.460. The zero-order chi connectivity index (χ0) is 14.5. The third kappa shape index (κ3) is 3.71. The summed E-state index contributed by atoms with van der Waals surface area (Å²) < 4.78 is 6.21. The Morgan fingerprint density at radius 2 is 2.20 bits per heavy atom. The van der Waals surface area contributed by atoms with Crippen molar-refractivity contribution >= 4 is 21.8 Å². The van der Waals surface area contributed by atoms with Gasteiger partial charge in [-0.25, -0.2) is 0 Å². The van der Waals surface area contributed by atoms with Gasteiger partial charge < -0.3 is 15.5 Å². The van der Waals surface area contributed by atoms with E-state index in [9.17, 15) is 4.79 Å². The first-order valence-corrected chi connectivity index (χ1v) is 7.21. The van der Waals surface area contributed by atoms with Crippen molar-refractivity contribution in [1.29, 1.82) is 0 Å². The fourth-order valence-electron chi connectivity index (χ4n) is 1.96. The highest BCUT2D eigenvalue weighted by molar-refractivity contribution is 9.10. The molecule has 20 heavy (non-hydrogen) atoms. The molecule has 1 unspecified atom stereocenters. The van der Waals surface area contributed by atoms with Gasteiger partial charge in [0.05, 0.1) is 12.1 Å². The first-order valence-electron chi connectivity index (χ1n) is 6.42. The Morgan fingerprint density at radius 1 is 1.45 bits per heavy atom. The van der Waals surface area contributed by atoms with Gasteiger partial charge in [0.25, 0.3) is 5.91 Å². The van der Waals surface area contributed by atoms with Gasteiger partial charge in [0.2, 0.25) is 0 Å². The van der Waals surface area contributed by atoms with E-state index in [1.54, 1.807) is 6.07 Å². The second kappa shape index (κ2) is 6.72. The largest absolute Gasteiger partial charge is 0.467 e. The first-order chi connectivity index (χ1) is 9.60. The molecule has 0 saturated heterocycles. The molecule has 0 spiro atoms. The first kappa shape index (κ1) is 14.8. The molecular formula is C15H17BrN2O2. The van der Waals surface area contributed by atoms with Crippen LogP contribution in [0.5, 0.6) is 0 Å². The van der Waals surface area contributed by atoms with E-state index in [0.29, 0.717) is 17.9 Å². The maximum atomic E-state index is 12.0. The Morgan fingerprint density at radius 3 is 2.85 bits per heavy atom. The lowest BCUT2D eigenvalue weighted by atomic mass is 10.1. The van der Waals surface area contributed by atoms with Crippen molar-refractivity contribution in [3.63, 3.8) is 0 Å². The topological polar surface area (TPSA) is 68.3 Å². The van der Waals surface area contributed by atoms with Crippen LogP contribution in [0.15, 0.2) is 45.5 Å². The van der Waals surface area contributed by atoms with E-state index < -0.39 is 0 Å². The van der Waals surface area contributed by atoms with Gasteiger partial charge in [0.15, 0.2) is 0 Å². The molecule has 4 nitrogen and oxygen atoms in total. The van der Waals surface area contributed by atoms with Crippen LogP contribution in [-0.4, -0.2) is 11.9 Å². The molecule has 0 bridgehead atoms. The number of amides is 1. The number of furan rings is 1. The molecule has 0 saturated carbocycles. The summed E-state index contributed by atoms with van der Waals surface area (Å²) in [6, 6.07) is 9.68. The minimum atomic E-state index is -0.145. The number of hydrogen-bond donors (Lipinski definition) is 2. The van der Waals surface area contributed by atoms with Gasteiger partial charge in [-0.2, -0.15) is 0 Å². The fraction of sp³-hybridized carbons (Fsp3) is 0.267. The Bertz CT molecular complexity index is 595. The van der Waals surface area contributed by atoms with Gasteiger partial charge in [0.1, 0.15) is 12.0 Å². The van der Waals surface area contributed by atoms with Crippen molar-refractivity contribution < 1.29 is 9.21 Å². The van der Waals surface area contributed by atoms with E-state index in [0.717, 1.165) is 16.5 Å². The van der Waals surface area contributed by atoms with Crippen LogP contribution < -0.4 is 11.1 Å². The van der Waals surface area contributed by atoms with Gasteiger partial charge in [-0.05, 0) is 31.0 Å². The van der Waals surface area contributed by atoms with Crippen LogP contribution in [0.3, 0.4) is 0 Å². The molecule has 2 aromatic rings. The van der Waals surface area contributed by atoms with Crippen LogP contribution in [0.2, 0.25) is 0 Å². The maximum Gasteiger partial charge on any atom is 0.254 e. The van der Waals surface area contributed by atoms with Crippen molar-refractivity contribution in [3.8, 4) is 0 Å². The van der Waals surface area contributed by atoms with Gasteiger partial charge in [0, 0.05) is 10.5 Å². The molecule has 0 fully saturated rings. The highest BCUT2D eigenvalue weighted by atomic mass is 79.9. The molecule has 1 amide bonds. The highest BCUT2D eigenvalue weighted by Gasteiger charge is 2.13. The average molecular weight is 337 g/mol. The number of carbonyl (C=O) groups is 1. The van der Waals surface area contributed by atoms with Gasteiger partial charge in [-0.1, -0.05) is 34.1 Å². The molecule has 1 atom stereocenters. The van der Waals surface area contributed by atoms with E-state index in [-0.39, 0.29) is 11.9 Å². The van der Waals surface area contributed by atoms with Gasteiger partial charge in [-0.3, -0.25) is 4.79 Å². The van der Waals surface area contributed by atoms with E-state index in [1.165, 1.54) is 6.26 Å². The summed E-state index contributed by atoms with van der Waals surface area (Å²) >= 11 is 3.51. The summed E-state index contributed by atoms with van der Waals surface area (Å²) in [5.41, 5.74) is 7.12. The van der Waals surface area contributed by atoms with Crippen molar-refractivity contribution in [1.82, 2.24) is 5.32 Å². The molecule has 5 heteroatoms. The average Bonchev–Trinajstić information content (AvgIpc) is 2.90. The van der Waals surface area contributed by atoms with Crippen LogP contribution in [-0.2, 0) is 13.0 Å². The van der Waals surface area contributed by atoms with Gasteiger partial charge >= 0.3 is 0 Å². The van der Waals surface area contributed by atoms with Crippen LogP contribution in [0, 0.1) is 0 Å². The lowest BCUT2D eigenvalue weighted by Crippen LogP contribution is -2.33. The monoisotopic (exact) mass is 336 g/mol. The number of halogens is 1. The van der Waals surface area contributed by atoms with Crippen molar-refractivity contribution in [3.05, 3.63) is 58.0 Å². The minimum absolute atomic E-state index is 0.0254. The van der Waals surface area contributed by atoms with Gasteiger partial charge in [-0.15, -0.1) is 0 Å². The van der Waals surface area contributed by atoms with Crippen molar-refractivity contribution in [2.75, 3.05) is 0 Å². The smallest absolute Gasteiger partial charge is 0.254 e. The standard InChI is InChI=1S/C15H17BrN2O2/c1-10(6-11-4-2-3-5-14(11)16)18-15(19)12-7-13(8-17)20-9-12/h2-5,7,9-10H,6,8,17H2,1H3,(H,18,19). The molecule has 0 aliphatic rings. The van der Waals surface area contributed by atoms with Crippen molar-refractivity contribution in [2.45, 2.75) is 25.9 Å². The third-order valence-electron chi connectivity index (χ3n) is 2.98. The third-order valence-corrected chi connectivity index (χ3v) is 3.75. The second-order valence-corrected chi connectivity index (χ2v) is 5.53. The predicted octanol–water partition coefficient (Wildman–Crippen LogP) is 2.86. The molecule has 1 aromatic carbocycles.